The molecule has 0 aliphatic heterocycles. The number of carbonyl (C=O) groups is 2. The second kappa shape index (κ2) is 9.06. The van der Waals surface area contributed by atoms with Gasteiger partial charge in [0.15, 0.2) is 11.6 Å². The highest BCUT2D eigenvalue weighted by atomic mass is 16.4. The first kappa shape index (κ1) is 20.1. The lowest BCUT2D eigenvalue weighted by Gasteiger charge is -2.03. The number of aromatic nitrogens is 5. The fourth-order valence-corrected chi connectivity index (χ4v) is 2.47. The molecule has 0 spiro atoms. The fourth-order valence-electron chi connectivity index (χ4n) is 2.47. The zero-order chi connectivity index (χ0) is 21.5. The van der Waals surface area contributed by atoms with Crippen LogP contribution in [-0.4, -0.2) is 47.0 Å². The number of benzene rings is 1. The average Bonchev–Trinajstić information content (AvgIpc) is 3.17. The van der Waals surface area contributed by atoms with E-state index in [1.165, 1.54) is 22.9 Å². The monoisotopic (exact) mass is 404 g/mol. The summed E-state index contributed by atoms with van der Waals surface area (Å²) >= 11 is 0. The van der Waals surface area contributed by atoms with E-state index in [1.807, 2.05) is 24.3 Å². The highest BCUT2D eigenvalue weighted by Gasteiger charge is 2.12. The van der Waals surface area contributed by atoms with Crippen molar-refractivity contribution in [1.82, 2.24) is 24.8 Å². The average molecular weight is 404 g/mol. The summed E-state index contributed by atoms with van der Waals surface area (Å²) in [7, 11) is 0. The second-order valence-corrected chi connectivity index (χ2v) is 5.88. The van der Waals surface area contributed by atoms with Crippen molar-refractivity contribution in [2.24, 2.45) is 0 Å². The van der Waals surface area contributed by atoms with Crippen molar-refractivity contribution in [3.63, 3.8) is 0 Å². The lowest BCUT2D eigenvalue weighted by molar-refractivity contribution is 0.0696. The third-order valence-corrected chi connectivity index (χ3v) is 3.93. The summed E-state index contributed by atoms with van der Waals surface area (Å²) in [5.41, 5.74) is 1.71. The summed E-state index contributed by atoms with van der Waals surface area (Å²) in [6.07, 6.45) is 6.76. The summed E-state index contributed by atoms with van der Waals surface area (Å²) in [4.78, 5) is 28.7. The van der Waals surface area contributed by atoms with Crippen molar-refractivity contribution in [2.75, 3.05) is 5.84 Å². The topological polar surface area (TPSA) is 157 Å². The summed E-state index contributed by atoms with van der Waals surface area (Å²) in [5.74, 6) is 4.97. The van der Waals surface area contributed by atoms with E-state index in [-0.39, 0.29) is 11.1 Å². The number of rotatable bonds is 4. The van der Waals surface area contributed by atoms with Crippen molar-refractivity contribution in [2.45, 2.75) is 0 Å². The van der Waals surface area contributed by atoms with Crippen molar-refractivity contribution < 1.29 is 19.8 Å². The Hall–Kier alpha value is -4.60. The highest BCUT2D eigenvalue weighted by molar-refractivity contribution is 5.93. The quantitative estimate of drug-likeness (QED) is 0.434. The summed E-state index contributed by atoms with van der Waals surface area (Å²) < 4.78 is 1.46. The van der Waals surface area contributed by atoms with E-state index in [2.05, 4.69) is 20.2 Å². The summed E-state index contributed by atoms with van der Waals surface area (Å²) in [6, 6.07) is 12.5. The predicted molar refractivity (Wildman–Crippen MR) is 107 cm³/mol. The SMILES string of the molecule is Nn1c(-c2ccncc2)nnc1-c1ccncc1.O=C(O)c1cccc(C(=O)O)c1. The Morgan fingerprint density at radius 2 is 1.13 bits per heavy atom. The fraction of sp³-hybridized carbons (Fsp3) is 0. The number of hydrogen-bond donors (Lipinski definition) is 3. The molecule has 0 amide bonds. The van der Waals surface area contributed by atoms with E-state index < -0.39 is 11.9 Å². The van der Waals surface area contributed by atoms with Crippen molar-refractivity contribution >= 4 is 11.9 Å². The van der Waals surface area contributed by atoms with Gasteiger partial charge in [-0.25, -0.2) is 14.3 Å². The summed E-state index contributed by atoms with van der Waals surface area (Å²) in [6.45, 7) is 0. The van der Waals surface area contributed by atoms with Gasteiger partial charge in [-0.1, -0.05) is 6.07 Å². The number of nitrogens with zero attached hydrogens (tertiary/aromatic N) is 5. The van der Waals surface area contributed by atoms with E-state index >= 15 is 0 Å². The van der Waals surface area contributed by atoms with Crippen LogP contribution in [0.25, 0.3) is 22.8 Å². The number of nitrogen functional groups attached to an aromatic ring is 1. The lowest BCUT2D eigenvalue weighted by Crippen LogP contribution is -2.11. The minimum Gasteiger partial charge on any atom is -0.478 e. The number of nitrogens with two attached hydrogens (primary N) is 1. The summed E-state index contributed by atoms with van der Waals surface area (Å²) in [5, 5.41) is 25.2. The van der Waals surface area contributed by atoms with Crippen LogP contribution in [0.5, 0.6) is 0 Å². The first-order valence-corrected chi connectivity index (χ1v) is 8.55. The molecule has 1 aromatic carbocycles. The maximum absolute atomic E-state index is 10.4. The molecule has 0 aliphatic rings. The van der Waals surface area contributed by atoms with Crippen LogP contribution in [0.2, 0.25) is 0 Å². The lowest BCUT2D eigenvalue weighted by atomic mass is 10.1. The van der Waals surface area contributed by atoms with Gasteiger partial charge < -0.3 is 16.1 Å². The molecule has 4 rings (SSSR count). The van der Waals surface area contributed by atoms with Crippen molar-refractivity contribution in [3.05, 3.63) is 84.4 Å². The van der Waals surface area contributed by atoms with Gasteiger partial charge in [-0.05, 0) is 42.5 Å². The number of carboxylic acid groups (broad SMARTS) is 2. The van der Waals surface area contributed by atoms with Gasteiger partial charge in [-0.3, -0.25) is 9.97 Å². The van der Waals surface area contributed by atoms with Gasteiger partial charge in [0.05, 0.1) is 11.1 Å². The molecule has 0 radical (unpaired) electrons. The van der Waals surface area contributed by atoms with Crippen LogP contribution >= 0.6 is 0 Å². The van der Waals surface area contributed by atoms with E-state index in [1.54, 1.807) is 24.8 Å². The van der Waals surface area contributed by atoms with Gasteiger partial charge in [-0.15, -0.1) is 10.2 Å². The Morgan fingerprint density at radius 3 is 1.50 bits per heavy atom. The molecule has 3 aromatic heterocycles. The van der Waals surface area contributed by atoms with Gasteiger partial charge in [0, 0.05) is 35.9 Å². The molecule has 0 aliphatic carbocycles. The molecule has 3 heterocycles. The Kier molecular flexibility index (Phi) is 6.08. The minimum atomic E-state index is -1.13. The van der Waals surface area contributed by atoms with Crippen LogP contribution in [0.4, 0.5) is 0 Å². The molecule has 4 aromatic rings. The third-order valence-electron chi connectivity index (χ3n) is 3.93. The molecular weight excluding hydrogens is 388 g/mol. The number of carboxylic acids is 2. The van der Waals surface area contributed by atoms with Crippen LogP contribution in [-0.2, 0) is 0 Å². The molecule has 0 saturated heterocycles. The number of aromatic carboxylic acids is 2. The molecule has 30 heavy (non-hydrogen) atoms. The van der Waals surface area contributed by atoms with Crippen LogP contribution in [0.15, 0.2) is 73.3 Å². The molecule has 4 N–H and O–H groups in total. The number of pyridine rings is 2. The van der Waals surface area contributed by atoms with Gasteiger partial charge >= 0.3 is 11.9 Å². The van der Waals surface area contributed by atoms with E-state index in [9.17, 15) is 9.59 Å². The molecule has 10 heteroatoms. The minimum absolute atomic E-state index is 0.0186. The molecule has 0 unspecified atom stereocenters. The van der Waals surface area contributed by atoms with Crippen LogP contribution in [0, 0.1) is 0 Å². The van der Waals surface area contributed by atoms with Gasteiger partial charge in [0.25, 0.3) is 0 Å². The standard InChI is InChI=1S/C12H10N6.C8H6O4/c13-18-11(9-1-5-14-6-2-9)16-17-12(18)10-3-7-15-8-4-10;9-7(10)5-2-1-3-6(4-5)8(11)12/h1-8H,13H2;1-4H,(H,9,10)(H,11,12). The molecule has 150 valence electrons. The van der Waals surface area contributed by atoms with Crippen LogP contribution in [0.1, 0.15) is 20.7 Å². The van der Waals surface area contributed by atoms with Crippen molar-refractivity contribution in [3.8, 4) is 22.8 Å². The molecule has 0 fully saturated rings. The second-order valence-electron chi connectivity index (χ2n) is 5.88. The Balaban J connectivity index is 0.000000187. The van der Waals surface area contributed by atoms with Crippen molar-refractivity contribution in [1.29, 1.82) is 0 Å². The molecular formula is C20H16N6O4. The largest absolute Gasteiger partial charge is 0.478 e. The van der Waals surface area contributed by atoms with Gasteiger partial charge in [-0.2, -0.15) is 0 Å². The molecule has 10 nitrogen and oxygen atoms in total. The highest BCUT2D eigenvalue weighted by Crippen LogP contribution is 2.20. The van der Waals surface area contributed by atoms with E-state index in [0.717, 1.165) is 17.2 Å². The first-order chi connectivity index (χ1) is 14.5. The predicted octanol–water partition coefficient (Wildman–Crippen LogP) is 2.20. The zero-order valence-corrected chi connectivity index (χ0v) is 15.5. The smallest absolute Gasteiger partial charge is 0.335 e. The molecule has 0 saturated carbocycles. The first-order valence-electron chi connectivity index (χ1n) is 8.55. The zero-order valence-electron chi connectivity index (χ0n) is 15.5. The molecule has 0 bridgehead atoms. The molecule has 0 atom stereocenters. The van der Waals surface area contributed by atoms with E-state index in [4.69, 9.17) is 16.1 Å². The normalized spacial score (nSPS) is 10.0. The Labute approximate surface area is 170 Å². The maximum Gasteiger partial charge on any atom is 0.335 e. The van der Waals surface area contributed by atoms with Gasteiger partial charge in [0.2, 0.25) is 0 Å². The van der Waals surface area contributed by atoms with Crippen LogP contribution in [0.3, 0.4) is 0 Å². The number of hydrogen-bond acceptors (Lipinski definition) is 7. The van der Waals surface area contributed by atoms with E-state index in [0.29, 0.717) is 11.6 Å². The van der Waals surface area contributed by atoms with Gasteiger partial charge in [0.1, 0.15) is 0 Å². The third kappa shape index (κ3) is 4.62. The Bertz CT molecular complexity index is 1080. The Morgan fingerprint density at radius 1 is 0.733 bits per heavy atom. The maximum atomic E-state index is 10.4. The van der Waals surface area contributed by atoms with Crippen LogP contribution < -0.4 is 5.84 Å².